The number of fused-ring (bicyclic) bond motifs is 1. The lowest BCUT2D eigenvalue weighted by molar-refractivity contribution is -0.160. The maximum Gasteiger partial charge on any atom is 0.327 e. The topological polar surface area (TPSA) is 90.0 Å². The second kappa shape index (κ2) is 6.92. The molecule has 3 atom stereocenters. The number of β-lactam (4-membered cyclic amide) rings is 1. The van der Waals surface area contributed by atoms with Crippen LogP contribution in [0.1, 0.15) is 19.4 Å². The molecule has 27 heavy (non-hydrogen) atoms. The van der Waals surface area contributed by atoms with E-state index in [0.29, 0.717) is 0 Å². The second-order valence-corrected chi connectivity index (χ2v) is 9.17. The van der Waals surface area contributed by atoms with Crippen molar-refractivity contribution in [2.75, 3.05) is 19.0 Å². The highest BCUT2D eigenvalue weighted by Gasteiger charge is 2.64. The van der Waals surface area contributed by atoms with Crippen LogP contribution in [0.4, 0.5) is 5.69 Å². The zero-order valence-electron chi connectivity index (χ0n) is 15.7. The summed E-state index contributed by atoms with van der Waals surface area (Å²) in [4.78, 5) is 39.4. The van der Waals surface area contributed by atoms with Crippen LogP contribution in [0, 0.1) is 0 Å². The van der Waals surface area contributed by atoms with E-state index in [1.54, 1.807) is 19.9 Å². The van der Waals surface area contributed by atoms with E-state index >= 15 is 0 Å². The summed E-state index contributed by atoms with van der Waals surface area (Å²) in [5.74, 6) is -1.74. The normalized spacial score (nSPS) is 25.9. The van der Waals surface area contributed by atoms with Crippen molar-refractivity contribution in [2.24, 2.45) is 0 Å². The largest absolute Gasteiger partial charge is 0.480 e. The number of hydrogen-bond donors (Lipinski definition) is 2. The highest BCUT2D eigenvalue weighted by atomic mass is 32.2. The van der Waals surface area contributed by atoms with Crippen molar-refractivity contribution in [3.63, 3.8) is 0 Å². The standard InChI is InChI=1S/C19H23N3O4S/c1-19(2)15(18(25)26)22-16(24)14(17(22)27-19)20-13(23)10-7-11-5-8-12(9-6-11)21(3)4/h5-10,14-15,17H,1-4H3,(H,20,23)(H,25,26). The molecule has 3 unspecified atom stereocenters. The van der Waals surface area contributed by atoms with Gasteiger partial charge in [0.2, 0.25) is 11.8 Å². The predicted octanol–water partition coefficient (Wildman–Crippen LogP) is 1.40. The van der Waals surface area contributed by atoms with E-state index in [1.807, 2.05) is 43.3 Å². The first-order valence-electron chi connectivity index (χ1n) is 8.60. The van der Waals surface area contributed by atoms with E-state index in [1.165, 1.54) is 22.7 Å². The quantitative estimate of drug-likeness (QED) is 0.584. The molecule has 7 nitrogen and oxygen atoms in total. The van der Waals surface area contributed by atoms with Gasteiger partial charge < -0.3 is 20.2 Å². The van der Waals surface area contributed by atoms with Crippen molar-refractivity contribution in [1.82, 2.24) is 10.2 Å². The molecule has 0 spiro atoms. The minimum Gasteiger partial charge on any atom is -0.480 e. The van der Waals surface area contributed by atoms with E-state index in [-0.39, 0.29) is 17.2 Å². The third kappa shape index (κ3) is 3.53. The average molecular weight is 389 g/mol. The van der Waals surface area contributed by atoms with E-state index in [4.69, 9.17) is 0 Å². The average Bonchev–Trinajstić information content (AvgIpc) is 2.86. The van der Waals surface area contributed by atoms with Gasteiger partial charge in [0.15, 0.2) is 0 Å². The third-order valence-electron chi connectivity index (χ3n) is 4.81. The summed E-state index contributed by atoms with van der Waals surface area (Å²) < 4.78 is -0.602. The van der Waals surface area contributed by atoms with E-state index < -0.39 is 22.8 Å². The van der Waals surface area contributed by atoms with Crippen LogP contribution < -0.4 is 10.2 Å². The maximum absolute atomic E-state index is 12.4. The van der Waals surface area contributed by atoms with Gasteiger partial charge in [-0.25, -0.2) is 4.79 Å². The van der Waals surface area contributed by atoms with Crippen molar-refractivity contribution in [3.05, 3.63) is 35.9 Å². The fourth-order valence-electron chi connectivity index (χ4n) is 3.40. The molecule has 1 aromatic rings. The molecule has 3 rings (SSSR count). The number of carbonyl (C=O) groups is 3. The lowest BCUT2D eigenvalue weighted by Crippen LogP contribution is -2.70. The summed E-state index contributed by atoms with van der Waals surface area (Å²) in [5, 5.41) is 11.8. The first kappa shape index (κ1) is 19.3. The Morgan fingerprint density at radius 1 is 1.26 bits per heavy atom. The first-order chi connectivity index (χ1) is 12.6. The van der Waals surface area contributed by atoms with Crippen LogP contribution in [-0.4, -0.2) is 64.1 Å². The molecule has 1 aromatic carbocycles. The number of benzene rings is 1. The van der Waals surface area contributed by atoms with Crippen LogP contribution in [0.15, 0.2) is 30.3 Å². The Hall–Kier alpha value is -2.48. The van der Waals surface area contributed by atoms with Gasteiger partial charge in [-0.3, -0.25) is 9.59 Å². The summed E-state index contributed by atoms with van der Waals surface area (Å²) in [6.07, 6.45) is 3.07. The summed E-state index contributed by atoms with van der Waals surface area (Å²) in [5.41, 5.74) is 1.94. The Morgan fingerprint density at radius 3 is 2.44 bits per heavy atom. The molecule has 2 amide bonds. The monoisotopic (exact) mass is 389 g/mol. The molecule has 0 aliphatic carbocycles. The van der Waals surface area contributed by atoms with Gasteiger partial charge in [0.25, 0.3) is 0 Å². The first-order valence-corrected chi connectivity index (χ1v) is 9.48. The summed E-state index contributed by atoms with van der Waals surface area (Å²) >= 11 is 1.41. The number of nitrogens with zero attached hydrogens (tertiary/aromatic N) is 2. The van der Waals surface area contributed by atoms with E-state index in [9.17, 15) is 19.5 Å². The molecule has 2 aliphatic rings. The molecule has 2 aliphatic heterocycles. The Balaban J connectivity index is 1.62. The van der Waals surface area contributed by atoms with Gasteiger partial charge in [-0.15, -0.1) is 11.8 Å². The number of nitrogens with one attached hydrogen (secondary N) is 1. The molecular weight excluding hydrogens is 366 g/mol. The van der Waals surface area contributed by atoms with Crippen LogP contribution in [0.3, 0.4) is 0 Å². The Bertz CT molecular complexity index is 804. The fourth-order valence-corrected chi connectivity index (χ4v) is 5.03. The minimum atomic E-state index is -1.02. The van der Waals surface area contributed by atoms with E-state index in [2.05, 4.69) is 5.32 Å². The van der Waals surface area contributed by atoms with Gasteiger partial charge in [-0.1, -0.05) is 12.1 Å². The number of thioether (sulfide) groups is 1. The number of rotatable bonds is 5. The van der Waals surface area contributed by atoms with Crippen molar-refractivity contribution in [1.29, 1.82) is 0 Å². The second-order valence-electron chi connectivity index (χ2n) is 7.40. The van der Waals surface area contributed by atoms with Crippen molar-refractivity contribution < 1.29 is 19.5 Å². The predicted molar refractivity (Wildman–Crippen MR) is 105 cm³/mol. The van der Waals surface area contributed by atoms with Crippen LogP contribution in [0.25, 0.3) is 6.08 Å². The smallest absolute Gasteiger partial charge is 0.327 e. The molecule has 2 heterocycles. The van der Waals surface area contributed by atoms with Crippen molar-refractivity contribution in [2.45, 2.75) is 36.1 Å². The van der Waals surface area contributed by atoms with Crippen LogP contribution in [-0.2, 0) is 14.4 Å². The number of hydrogen-bond acceptors (Lipinski definition) is 5. The number of carboxylic acid groups (broad SMARTS) is 1. The minimum absolute atomic E-state index is 0.342. The molecular formula is C19H23N3O4S. The molecule has 2 saturated heterocycles. The molecule has 0 aromatic heterocycles. The van der Waals surface area contributed by atoms with Gasteiger partial charge in [0.05, 0.1) is 0 Å². The number of carboxylic acids is 1. The summed E-state index contributed by atoms with van der Waals surface area (Å²) in [6, 6.07) is 6.15. The van der Waals surface area contributed by atoms with Crippen LogP contribution in [0.5, 0.6) is 0 Å². The number of aliphatic carboxylic acids is 1. The van der Waals surface area contributed by atoms with Crippen LogP contribution >= 0.6 is 11.8 Å². The van der Waals surface area contributed by atoms with E-state index in [0.717, 1.165) is 11.3 Å². The molecule has 0 saturated carbocycles. The molecule has 2 N–H and O–H groups in total. The molecule has 0 radical (unpaired) electrons. The lowest BCUT2D eigenvalue weighted by atomic mass is 9.96. The molecule has 8 heteroatoms. The zero-order valence-corrected chi connectivity index (χ0v) is 16.5. The highest BCUT2D eigenvalue weighted by molar-refractivity contribution is 8.01. The van der Waals surface area contributed by atoms with Gasteiger partial charge in [-0.2, -0.15) is 0 Å². The summed E-state index contributed by atoms with van der Waals surface area (Å²) in [6.45, 7) is 3.61. The van der Waals surface area contributed by atoms with Crippen molar-refractivity contribution >= 4 is 41.3 Å². The van der Waals surface area contributed by atoms with Gasteiger partial charge in [0.1, 0.15) is 17.5 Å². The lowest BCUT2D eigenvalue weighted by Gasteiger charge is -2.43. The van der Waals surface area contributed by atoms with Crippen LogP contribution in [0.2, 0.25) is 0 Å². The van der Waals surface area contributed by atoms with Crippen molar-refractivity contribution in [3.8, 4) is 0 Å². The fraction of sp³-hybridized carbons (Fsp3) is 0.421. The highest BCUT2D eigenvalue weighted by Crippen LogP contribution is 2.50. The van der Waals surface area contributed by atoms with Gasteiger partial charge in [0, 0.05) is 30.6 Å². The number of anilines is 1. The number of amides is 2. The Labute approximate surface area is 162 Å². The molecule has 0 bridgehead atoms. The molecule has 2 fully saturated rings. The third-order valence-corrected chi connectivity index (χ3v) is 6.38. The van der Waals surface area contributed by atoms with Gasteiger partial charge in [-0.05, 0) is 37.6 Å². The Kier molecular flexibility index (Phi) is 4.94. The SMILES string of the molecule is CN(C)c1ccc(C=CC(=O)NC2C(=O)N3C2SC(C)(C)C3C(=O)O)cc1. The van der Waals surface area contributed by atoms with Gasteiger partial charge >= 0.3 is 5.97 Å². The molecule has 144 valence electrons. The zero-order chi connectivity index (χ0) is 19.9. The Morgan fingerprint density at radius 2 is 1.89 bits per heavy atom. The summed E-state index contributed by atoms with van der Waals surface area (Å²) in [7, 11) is 3.91. The maximum atomic E-state index is 12.4. The number of carbonyl (C=O) groups excluding carboxylic acids is 2.